The minimum Gasteiger partial charge on any atom is -0.339 e. The van der Waals surface area contributed by atoms with Gasteiger partial charge in [-0.25, -0.2) is 15.8 Å². The molecule has 1 fully saturated rings. The van der Waals surface area contributed by atoms with Crippen molar-refractivity contribution in [3.63, 3.8) is 0 Å². The number of hydrogen-bond acceptors (Lipinski definition) is 6. The van der Waals surface area contributed by atoms with Crippen LogP contribution in [0.2, 0.25) is 0 Å². The van der Waals surface area contributed by atoms with Crippen molar-refractivity contribution in [3.05, 3.63) is 36.2 Å². The molecule has 0 radical (unpaired) electrons. The normalized spacial score (nSPS) is 14.1. The van der Waals surface area contributed by atoms with Crippen molar-refractivity contribution < 1.29 is 0 Å². The summed E-state index contributed by atoms with van der Waals surface area (Å²) < 4.78 is 0. The van der Waals surface area contributed by atoms with Crippen LogP contribution in [0.1, 0.15) is 24.6 Å². The average molecular weight is 287 g/mol. The maximum absolute atomic E-state index is 5.49. The van der Waals surface area contributed by atoms with Crippen molar-refractivity contribution in [1.82, 2.24) is 9.97 Å². The Labute approximate surface area is 122 Å². The Hall–Kier alpha value is -1.79. The predicted molar refractivity (Wildman–Crippen MR) is 83.3 cm³/mol. The number of thioether (sulfide) groups is 1. The van der Waals surface area contributed by atoms with Gasteiger partial charge >= 0.3 is 0 Å². The van der Waals surface area contributed by atoms with Gasteiger partial charge in [0.25, 0.3) is 0 Å². The number of para-hydroxylation sites is 1. The zero-order valence-corrected chi connectivity index (χ0v) is 12.1. The highest BCUT2D eigenvalue weighted by Gasteiger charge is 2.27. The molecule has 6 heteroatoms. The fourth-order valence-electron chi connectivity index (χ4n) is 2.01. The lowest BCUT2D eigenvalue weighted by molar-refractivity contribution is 0.929. The van der Waals surface area contributed by atoms with E-state index in [1.807, 2.05) is 24.3 Å². The zero-order chi connectivity index (χ0) is 13.9. The van der Waals surface area contributed by atoms with E-state index in [1.54, 1.807) is 11.8 Å². The number of anilines is 3. The third kappa shape index (κ3) is 2.86. The first-order valence-corrected chi connectivity index (χ1v) is 7.78. The number of rotatable bonds is 5. The second-order valence-electron chi connectivity index (χ2n) is 4.74. The molecule has 0 aliphatic heterocycles. The zero-order valence-electron chi connectivity index (χ0n) is 11.3. The number of hydrazine groups is 1. The molecule has 0 bridgehead atoms. The third-order valence-electron chi connectivity index (χ3n) is 3.20. The Morgan fingerprint density at radius 3 is 2.65 bits per heavy atom. The SMILES string of the molecule is CSc1ccccc1Nc1cc(NN)nc(C2CC2)n1. The van der Waals surface area contributed by atoms with Crippen LogP contribution >= 0.6 is 11.8 Å². The molecule has 1 aliphatic carbocycles. The summed E-state index contributed by atoms with van der Waals surface area (Å²) in [6, 6.07) is 9.98. The van der Waals surface area contributed by atoms with Crippen molar-refractivity contribution in [2.75, 3.05) is 17.0 Å². The van der Waals surface area contributed by atoms with Gasteiger partial charge in [0.1, 0.15) is 17.5 Å². The summed E-state index contributed by atoms with van der Waals surface area (Å²) in [7, 11) is 0. The second-order valence-corrected chi connectivity index (χ2v) is 5.59. The van der Waals surface area contributed by atoms with Gasteiger partial charge in [-0.15, -0.1) is 11.8 Å². The summed E-state index contributed by atoms with van der Waals surface area (Å²) in [6.45, 7) is 0. The molecule has 0 amide bonds. The molecule has 0 unspecified atom stereocenters. The van der Waals surface area contributed by atoms with Crippen LogP contribution in [0.5, 0.6) is 0 Å². The quantitative estimate of drug-likeness (QED) is 0.446. The summed E-state index contributed by atoms with van der Waals surface area (Å²) in [6.07, 6.45) is 4.38. The van der Waals surface area contributed by atoms with E-state index >= 15 is 0 Å². The summed E-state index contributed by atoms with van der Waals surface area (Å²) in [5.41, 5.74) is 3.65. The van der Waals surface area contributed by atoms with Gasteiger partial charge < -0.3 is 10.7 Å². The monoisotopic (exact) mass is 287 g/mol. The molecule has 104 valence electrons. The topological polar surface area (TPSA) is 75.9 Å². The highest BCUT2D eigenvalue weighted by Crippen LogP contribution is 2.39. The van der Waals surface area contributed by atoms with Crippen LogP contribution in [0.25, 0.3) is 0 Å². The second kappa shape index (κ2) is 5.68. The maximum Gasteiger partial charge on any atom is 0.145 e. The van der Waals surface area contributed by atoms with Gasteiger partial charge in [-0.1, -0.05) is 12.1 Å². The van der Waals surface area contributed by atoms with Crippen LogP contribution in [-0.4, -0.2) is 16.2 Å². The number of nitrogens with one attached hydrogen (secondary N) is 2. The molecule has 1 heterocycles. The van der Waals surface area contributed by atoms with Crippen LogP contribution < -0.4 is 16.6 Å². The number of hydrogen-bond donors (Lipinski definition) is 3. The molecular formula is C14H17N5S. The lowest BCUT2D eigenvalue weighted by Gasteiger charge is -2.11. The first kappa shape index (κ1) is 13.2. The van der Waals surface area contributed by atoms with Crippen molar-refractivity contribution in [2.45, 2.75) is 23.7 Å². The Bertz CT molecular complexity index is 612. The standard InChI is InChI=1S/C14H17N5S/c1-20-11-5-3-2-4-10(11)16-12-8-13(19-15)18-14(17-12)9-6-7-9/h2-5,8-9H,6-7,15H2,1H3,(H2,16,17,18,19). The number of nitrogens with zero attached hydrogens (tertiary/aromatic N) is 2. The van der Waals surface area contributed by atoms with E-state index in [0.717, 1.165) is 30.2 Å². The van der Waals surface area contributed by atoms with Crippen LogP contribution in [0.15, 0.2) is 35.2 Å². The number of nitrogens with two attached hydrogens (primary N) is 1. The van der Waals surface area contributed by atoms with Crippen LogP contribution in [0.3, 0.4) is 0 Å². The van der Waals surface area contributed by atoms with Gasteiger partial charge in [0.05, 0.1) is 5.69 Å². The van der Waals surface area contributed by atoms with Crippen molar-refractivity contribution in [3.8, 4) is 0 Å². The summed E-state index contributed by atoms with van der Waals surface area (Å²) in [5, 5.41) is 3.35. The molecule has 4 N–H and O–H groups in total. The van der Waals surface area contributed by atoms with E-state index in [0.29, 0.717) is 11.7 Å². The molecule has 0 spiro atoms. The number of benzene rings is 1. The average Bonchev–Trinajstić information content (AvgIpc) is 3.32. The lowest BCUT2D eigenvalue weighted by atomic mass is 10.3. The molecule has 0 atom stereocenters. The largest absolute Gasteiger partial charge is 0.339 e. The summed E-state index contributed by atoms with van der Waals surface area (Å²) in [4.78, 5) is 10.2. The predicted octanol–water partition coefficient (Wildman–Crippen LogP) is 3.11. The Morgan fingerprint density at radius 2 is 1.95 bits per heavy atom. The Morgan fingerprint density at radius 1 is 1.20 bits per heavy atom. The van der Waals surface area contributed by atoms with E-state index < -0.39 is 0 Å². The molecular weight excluding hydrogens is 270 g/mol. The minimum absolute atomic E-state index is 0.486. The van der Waals surface area contributed by atoms with Crippen molar-refractivity contribution in [1.29, 1.82) is 0 Å². The molecule has 3 rings (SSSR count). The van der Waals surface area contributed by atoms with Gasteiger partial charge in [-0.2, -0.15) is 0 Å². The molecule has 1 aliphatic rings. The number of nitrogen functional groups attached to an aromatic ring is 1. The lowest BCUT2D eigenvalue weighted by Crippen LogP contribution is -2.11. The summed E-state index contributed by atoms with van der Waals surface area (Å²) >= 11 is 1.70. The van der Waals surface area contributed by atoms with Gasteiger partial charge in [0.2, 0.25) is 0 Å². The first-order chi connectivity index (χ1) is 9.80. The molecule has 20 heavy (non-hydrogen) atoms. The van der Waals surface area contributed by atoms with Crippen molar-refractivity contribution in [2.24, 2.45) is 5.84 Å². The van der Waals surface area contributed by atoms with Crippen LogP contribution in [-0.2, 0) is 0 Å². The molecule has 1 saturated carbocycles. The molecule has 1 aromatic carbocycles. The highest BCUT2D eigenvalue weighted by molar-refractivity contribution is 7.98. The molecule has 0 saturated heterocycles. The maximum atomic E-state index is 5.49. The Balaban J connectivity index is 1.91. The Kier molecular flexibility index (Phi) is 3.75. The van der Waals surface area contributed by atoms with Gasteiger partial charge in [-0.3, -0.25) is 0 Å². The highest BCUT2D eigenvalue weighted by atomic mass is 32.2. The van der Waals surface area contributed by atoms with E-state index in [9.17, 15) is 0 Å². The summed E-state index contributed by atoms with van der Waals surface area (Å²) in [5.74, 6) is 8.26. The van der Waals surface area contributed by atoms with Gasteiger partial charge in [-0.05, 0) is 31.2 Å². The number of aromatic nitrogens is 2. The minimum atomic E-state index is 0.486. The van der Waals surface area contributed by atoms with E-state index in [2.05, 4.69) is 33.0 Å². The van der Waals surface area contributed by atoms with Crippen LogP contribution in [0.4, 0.5) is 17.3 Å². The fourth-order valence-corrected chi connectivity index (χ4v) is 2.57. The van der Waals surface area contributed by atoms with E-state index in [1.165, 1.54) is 4.90 Å². The van der Waals surface area contributed by atoms with Gasteiger partial charge in [0, 0.05) is 16.9 Å². The molecule has 1 aromatic heterocycles. The van der Waals surface area contributed by atoms with Crippen LogP contribution in [0, 0.1) is 0 Å². The first-order valence-electron chi connectivity index (χ1n) is 6.56. The van der Waals surface area contributed by atoms with Gasteiger partial charge in [0.15, 0.2) is 0 Å². The molecule has 2 aromatic rings. The van der Waals surface area contributed by atoms with Crippen molar-refractivity contribution >= 4 is 29.1 Å². The van der Waals surface area contributed by atoms with E-state index in [-0.39, 0.29) is 0 Å². The fraction of sp³-hybridized carbons (Fsp3) is 0.286. The molecule has 5 nitrogen and oxygen atoms in total. The van der Waals surface area contributed by atoms with E-state index in [4.69, 9.17) is 5.84 Å². The smallest absolute Gasteiger partial charge is 0.145 e. The third-order valence-corrected chi connectivity index (χ3v) is 4.00.